The van der Waals surface area contributed by atoms with Crippen molar-refractivity contribution in [3.63, 3.8) is 0 Å². The molecular formula is C39H37N3O5. The molecule has 0 aliphatic heterocycles. The van der Waals surface area contributed by atoms with Crippen molar-refractivity contribution in [2.45, 2.75) is 31.7 Å². The van der Waals surface area contributed by atoms with E-state index in [0.29, 0.717) is 55.0 Å². The van der Waals surface area contributed by atoms with Crippen LogP contribution in [-0.2, 0) is 22.4 Å². The van der Waals surface area contributed by atoms with Gasteiger partial charge in [-0.05, 0) is 66.4 Å². The quantitative estimate of drug-likeness (QED) is 0.0909. The first kappa shape index (κ1) is 32.6. The van der Waals surface area contributed by atoms with E-state index >= 15 is 0 Å². The summed E-state index contributed by atoms with van der Waals surface area (Å²) in [6, 6.07) is 35.7. The van der Waals surface area contributed by atoms with Crippen molar-refractivity contribution in [3.05, 3.63) is 156 Å². The summed E-state index contributed by atoms with van der Waals surface area (Å²) < 4.78 is 5.97. The number of nitrogens with one attached hydrogen (secondary N) is 1. The summed E-state index contributed by atoms with van der Waals surface area (Å²) in [6.07, 6.45) is 5.33. The molecular weight excluding hydrogens is 590 g/mol. The summed E-state index contributed by atoms with van der Waals surface area (Å²) in [5.41, 5.74) is 4.09. The van der Waals surface area contributed by atoms with Crippen LogP contribution < -0.4 is 15.0 Å². The number of nitrogens with zero attached hydrogens (tertiary/aromatic N) is 2. The molecule has 47 heavy (non-hydrogen) atoms. The van der Waals surface area contributed by atoms with Gasteiger partial charge in [0.2, 0.25) is 5.91 Å². The Hall–Kier alpha value is -5.76. The monoisotopic (exact) mass is 627 g/mol. The summed E-state index contributed by atoms with van der Waals surface area (Å²) >= 11 is 0. The predicted octanol–water partition coefficient (Wildman–Crippen LogP) is 6.86. The topological polar surface area (TPSA) is 109 Å². The van der Waals surface area contributed by atoms with E-state index in [1.54, 1.807) is 65.8 Å². The maximum atomic E-state index is 13.2. The van der Waals surface area contributed by atoms with E-state index in [0.717, 1.165) is 16.8 Å². The molecule has 0 aliphatic carbocycles. The molecule has 0 saturated heterocycles. The number of carboxylic acid groups (broad SMARTS) is 1. The average molecular weight is 628 g/mol. The number of hydrogen-bond acceptors (Lipinski definition) is 6. The molecule has 1 atom stereocenters. The SMILES string of the molecule is O=C(c1ccccc1)c1ccccc1N[C@@H](Cc1ccc(OCCCN(C(=O)CCc2cccnc2)c2ccccc2)cc1)C(=O)O. The van der Waals surface area contributed by atoms with Gasteiger partial charge >= 0.3 is 5.97 Å². The maximum Gasteiger partial charge on any atom is 0.326 e. The third kappa shape index (κ3) is 9.37. The fraction of sp³-hybridized carbons (Fsp3) is 0.179. The van der Waals surface area contributed by atoms with Crippen molar-refractivity contribution in [2.75, 3.05) is 23.4 Å². The Kier molecular flexibility index (Phi) is 11.5. The third-order valence-corrected chi connectivity index (χ3v) is 7.71. The van der Waals surface area contributed by atoms with Gasteiger partial charge in [-0.2, -0.15) is 0 Å². The minimum atomic E-state index is -1.02. The molecule has 0 unspecified atom stereocenters. The molecule has 0 aliphatic rings. The number of ketones is 1. The number of carbonyl (C=O) groups excluding carboxylic acids is 2. The van der Waals surface area contributed by atoms with Gasteiger partial charge in [0.25, 0.3) is 0 Å². The highest BCUT2D eigenvalue weighted by Gasteiger charge is 2.21. The van der Waals surface area contributed by atoms with E-state index in [1.807, 2.05) is 72.8 Å². The van der Waals surface area contributed by atoms with Crippen molar-refractivity contribution in [1.29, 1.82) is 0 Å². The minimum Gasteiger partial charge on any atom is -0.494 e. The Morgan fingerprint density at radius 2 is 1.49 bits per heavy atom. The second-order valence-electron chi connectivity index (χ2n) is 11.1. The molecule has 0 spiro atoms. The first-order valence-electron chi connectivity index (χ1n) is 15.6. The van der Waals surface area contributed by atoms with Gasteiger partial charge in [0.15, 0.2) is 5.78 Å². The number of rotatable bonds is 16. The van der Waals surface area contributed by atoms with Gasteiger partial charge in [0, 0.05) is 54.3 Å². The van der Waals surface area contributed by atoms with Crippen LogP contribution in [0, 0.1) is 0 Å². The van der Waals surface area contributed by atoms with Gasteiger partial charge in [0.1, 0.15) is 11.8 Å². The number of ether oxygens (including phenoxy) is 1. The van der Waals surface area contributed by atoms with E-state index in [9.17, 15) is 19.5 Å². The van der Waals surface area contributed by atoms with Crippen molar-refractivity contribution < 1.29 is 24.2 Å². The van der Waals surface area contributed by atoms with Crippen LogP contribution in [0.2, 0.25) is 0 Å². The second kappa shape index (κ2) is 16.5. The smallest absolute Gasteiger partial charge is 0.326 e. The molecule has 0 fully saturated rings. The number of hydrogen-bond donors (Lipinski definition) is 2. The zero-order chi connectivity index (χ0) is 32.8. The lowest BCUT2D eigenvalue weighted by Crippen LogP contribution is -2.32. The van der Waals surface area contributed by atoms with Crippen molar-refractivity contribution in [1.82, 2.24) is 4.98 Å². The van der Waals surface area contributed by atoms with Gasteiger partial charge in [0.05, 0.1) is 6.61 Å². The van der Waals surface area contributed by atoms with Crippen LogP contribution >= 0.6 is 0 Å². The van der Waals surface area contributed by atoms with Gasteiger partial charge in [-0.1, -0.05) is 78.9 Å². The van der Waals surface area contributed by atoms with Crippen LogP contribution in [0.5, 0.6) is 5.75 Å². The first-order valence-corrected chi connectivity index (χ1v) is 15.6. The molecule has 8 heteroatoms. The Morgan fingerprint density at radius 3 is 2.19 bits per heavy atom. The van der Waals surface area contributed by atoms with E-state index < -0.39 is 12.0 Å². The normalized spacial score (nSPS) is 11.3. The number of aryl methyl sites for hydroxylation is 1. The highest BCUT2D eigenvalue weighted by Crippen LogP contribution is 2.22. The van der Waals surface area contributed by atoms with Gasteiger partial charge in [-0.25, -0.2) is 4.79 Å². The number of anilines is 2. The van der Waals surface area contributed by atoms with E-state index in [4.69, 9.17) is 4.74 Å². The molecule has 1 aromatic heterocycles. The van der Waals surface area contributed by atoms with E-state index in [-0.39, 0.29) is 18.1 Å². The summed E-state index contributed by atoms with van der Waals surface area (Å²) in [5.74, 6) is -0.509. The fourth-order valence-corrected chi connectivity index (χ4v) is 5.25. The van der Waals surface area contributed by atoms with Gasteiger partial charge in [-0.15, -0.1) is 0 Å². The highest BCUT2D eigenvalue weighted by molar-refractivity contribution is 6.12. The predicted molar refractivity (Wildman–Crippen MR) is 183 cm³/mol. The molecule has 1 amide bonds. The van der Waals surface area contributed by atoms with Crippen LogP contribution in [0.15, 0.2) is 134 Å². The van der Waals surface area contributed by atoms with Crippen molar-refractivity contribution >= 4 is 29.0 Å². The molecule has 0 saturated carbocycles. The molecule has 0 bridgehead atoms. The van der Waals surface area contributed by atoms with Crippen LogP contribution in [0.3, 0.4) is 0 Å². The number of benzene rings is 4. The number of amides is 1. The molecule has 238 valence electrons. The zero-order valence-electron chi connectivity index (χ0n) is 26.0. The maximum absolute atomic E-state index is 13.2. The molecule has 2 N–H and O–H groups in total. The first-order chi connectivity index (χ1) is 23.0. The van der Waals surface area contributed by atoms with E-state index in [2.05, 4.69) is 10.3 Å². The summed E-state index contributed by atoms with van der Waals surface area (Å²) in [7, 11) is 0. The third-order valence-electron chi connectivity index (χ3n) is 7.71. The standard InChI is InChI=1S/C39H37N3O5/c43-37(23-20-30-11-9-24-40-28-30)42(32-14-5-2-6-15-32)25-10-26-47-33-21-18-29(19-22-33)27-36(39(45)46)41-35-17-8-7-16-34(35)38(44)31-12-3-1-4-13-31/h1-9,11-19,21-22,24,28,36,41H,10,20,23,25-27H2,(H,45,46)/t36-/m0/s1. The summed E-state index contributed by atoms with van der Waals surface area (Å²) in [5, 5.41) is 13.1. The molecule has 0 radical (unpaired) electrons. The second-order valence-corrected chi connectivity index (χ2v) is 11.1. The molecule has 5 rings (SSSR count). The molecule has 1 heterocycles. The van der Waals surface area contributed by atoms with Crippen LogP contribution in [0.4, 0.5) is 11.4 Å². The Morgan fingerprint density at radius 1 is 0.787 bits per heavy atom. The summed E-state index contributed by atoms with van der Waals surface area (Å²) in [6.45, 7) is 0.915. The number of carboxylic acids is 1. The fourth-order valence-electron chi connectivity index (χ4n) is 5.25. The largest absolute Gasteiger partial charge is 0.494 e. The van der Waals surface area contributed by atoms with Crippen molar-refractivity contribution in [3.8, 4) is 5.75 Å². The molecule has 4 aromatic carbocycles. The number of aromatic nitrogens is 1. The molecule has 5 aromatic rings. The Balaban J connectivity index is 1.15. The number of carbonyl (C=O) groups is 3. The van der Waals surface area contributed by atoms with Crippen LogP contribution in [0.25, 0.3) is 0 Å². The van der Waals surface area contributed by atoms with Crippen LogP contribution in [-0.4, -0.2) is 46.9 Å². The van der Waals surface area contributed by atoms with Gasteiger partial charge < -0.3 is 20.1 Å². The van der Waals surface area contributed by atoms with Crippen LogP contribution in [0.1, 0.15) is 39.9 Å². The summed E-state index contributed by atoms with van der Waals surface area (Å²) in [4.78, 5) is 44.5. The minimum absolute atomic E-state index is 0.0399. The average Bonchev–Trinajstić information content (AvgIpc) is 3.12. The Bertz CT molecular complexity index is 1750. The lowest BCUT2D eigenvalue weighted by molar-refractivity contribution is -0.137. The van der Waals surface area contributed by atoms with Crippen molar-refractivity contribution in [2.24, 2.45) is 0 Å². The molecule has 8 nitrogen and oxygen atoms in total. The number of para-hydroxylation sites is 2. The van der Waals surface area contributed by atoms with Gasteiger partial charge in [-0.3, -0.25) is 14.6 Å². The zero-order valence-corrected chi connectivity index (χ0v) is 26.0. The Labute approximate surface area is 274 Å². The number of pyridine rings is 1. The highest BCUT2D eigenvalue weighted by atomic mass is 16.5. The van der Waals surface area contributed by atoms with E-state index in [1.165, 1.54) is 0 Å². The lowest BCUT2D eigenvalue weighted by atomic mass is 10.00. The number of aliphatic carboxylic acids is 1. The lowest BCUT2D eigenvalue weighted by Gasteiger charge is -2.23.